The molecule has 0 heterocycles. The van der Waals surface area contributed by atoms with Crippen LogP contribution >= 0.6 is 0 Å². The average molecular weight is 118 g/mol. The fourth-order valence-corrected chi connectivity index (χ4v) is 0.301. The van der Waals surface area contributed by atoms with E-state index in [9.17, 15) is 4.79 Å². The molecule has 0 saturated carbocycles. The van der Waals surface area contributed by atoms with E-state index in [-0.39, 0.29) is 16.0 Å². The Morgan fingerprint density at radius 3 is 2.43 bits per heavy atom. The lowest BCUT2D eigenvalue weighted by atomic mass is 10.9. The molecule has 0 aliphatic heterocycles. The van der Waals surface area contributed by atoms with Crippen LogP contribution in [0, 0.1) is 0 Å². The minimum absolute atomic E-state index is 0.154. The van der Waals surface area contributed by atoms with Gasteiger partial charge in [-0.3, -0.25) is 4.79 Å². The van der Waals surface area contributed by atoms with E-state index in [2.05, 4.69) is 8.85 Å². The molecule has 0 fully saturated rings. The summed E-state index contributed by atoms with van der Waals surface area (Å²) in [6.45, 7) is 1.34. The van der Waals surface area contributed by atoms with E-state index in [1.165, 1.54) is 14.0 Å². The van der Waals surface area contributed by atoms with Gasteiger partial charge in [0.25, 0.3) is 5.97 Å². The summed E-state index contributed by atoms with van der Waals surface area (Å²) in [6.07, 6.45) is 0. The van der Waals surface area contributed by atoms with Crippen molar-refractivity contribution in [3.05, 3.63) is 0 Å². The zero-order chi connectivity index (χ0) is 5.70. The van der Waals surface area contributed by atoms with Gasteiger partial charge in [0.2, 0.25) is 0 Å². The zero-order valence-corrected chi connectivity index (χ0v) is 5.22. The second-order valence-corrected chi connectivity index (χ2v) is 1.66. The van der Waals surface area contributed by atoms with E-state index < -0.39 is 0 Å². The Morgan fingerprint density at radius 1 is 1.71 bits per heavy atom. The maximum absolute atomic E-state index is 9.91. The number of rotatable bonds is 2. The Morgan fingerprint density at radius 2 is 2.29 bits per heavy atom. The van der Waals surface area contributed by atoms with Crippen molar-refractivity contribution in [1.29, 1.82) is 0 Å². The first-order valence-electron chi connectivity index (χ1n) is 1.72. The number of carbonyl (C=O) groups excluding carboxylic acids is 1. The van der Waals surface area contributed by atoms with Crippen molar-refractivity contribution in [2.24, 2.45) is 0 Å². The largest absolute Gasteiger partial charge is 0.522 e. The maximum Gasteiger partial charge on any atom is 0.522 e. The third-order valence-corrected chi connectivity index (χ3v) is 0.806. The van der Waals surface area contributed by atoms with Crippen LogP contribution in [0.5, 0.6) is 0 Å². The highest BCUT2D eigenvalue weighted by atomic mass is 28.3. The van der Waals surface area contributed by atoms with Crippen molar-refractivity contribution >= 4 is 16.0 Å². The van der Waals surface area contributed by atoms with E-state index in [4.69, 9.17) is 0 Å². The first-order valence-corrected chi connectivity index (χ1v) is 2.54. The molecule has 2 radical (unpaired) electrons. The van der Waals surface area contributed by atoms with Crippen molar-refractivity contribution in [3.8, 4) is 0 Å². The summed E-state index contributed by atoms with van der Waals surface area (Å²) in [7, 11) is 1.32. The molecule has 0 aliphatic rings. The maximum atomic E-state index is 9.91. The molecule has 0 aromatic rings. The fraction of sp³-hybridized carbons (Fsp3) is 0.667. The molecule has 0 saturated heterocycles. The highest BCUT2D eigenvalue weighted by Crippen LogP contribution is 1.69. The smallest absolute Gasteiger partial charge is 0.491 e. The van der Waals surface area contributed by atoms with Gasteiger partial charge in [-0.15, -0.1) is 0 Å². The van der Waals surface area contributed by atoms with Gasteiger partial charge in [0, 0.05) is 14.0 Å². The van der Waals surface area contributed by atoms with Gasteiger partial charge in [-0.2, -0.15) is 0 Å². The van der Waals surface area contributed by atoms with Gasteiger partial charge in [0.15, 0.2) is 0 Å². The molecule has 0 aromatic carbocycles. The topological polar surface area (TPSA) is 35.5 Å². The molecule has 0 aliphatic carbocycles. The van der Waals surface area contributed by atoms with Crippen LogP contribution in [0.25, 0.3) is 0 Å². The van der Waals surface area contributed by atoms with E-state index in [0.717, 1.165) is 0 Å². The molecular formula is C3H6O3Si. The summed E-state index contributed by atoms with van der Waals surface area (Å²) >= 11 is 0. The summed E-state index contributed by atoms with van der Waals surface area (Å²) in [4.78, 5) is 9.91. The standard InChI is InChI=1S/C3H6O3Si/c1-3(4)6-7-5-2/h1-2H3. The molecule has 0 N–H and O–H groups in total. The molecule has 0 spiro atoms. The molecule has 4 heteroatoms. The van der Waals surface area contributed by atoms with Gasteiger partial charge in [-0.25, -0.2) is 0 Å². The van der Waals surface area contributed by atoms with Crippen molar-refractivity contribution in [1.82, 2.24) is 0 Å². The minimum atomic E-state index is -0.305. The molecule has 0 rings (SSSR count). The quantitative estimate of drug-likeness (QED) is 0.468. The van der Waals surface area contributed by atoms with E-state index >= 15 is 0 Å². The van der Waals surface area contributed by atoms with Crippen molar-refractivity contribution in [3.63, 3.8) is 0 Å². The Bertz CT molecular complexity index is 63.2. The Hall–Kier alpha value is -0.353. The molecule has 3 nitrogen and oxygen atoms in total. The second kappa shape index (κ2) is 3.82. The third kappa shape index (κ3) is 5.65. The Labute approximate surface area is 44.7 Å². The Kier molecular flexibility index (Phi) is 3.63. The van der Waals surface area contributed by atoms with E-state index in [1.807, 2.05) is 0 Å². The summed E-state index contributed by atoms with van der Waals surface area (Å²) in [5, 5.41) is 0. The van der Waals surface area contributed by atoms with Crippen LogP contribution in [-0.4, -0.2) is 23.1 Å². The Balaban J connectivity index is 2.82. The van der Waals surface area contributed by atoms with Crippen LogP contribution in [0.2, 0.25) is 0 Å². The summed E-state index contributed by atoms with van der Waals surface area (Å²) in [5.74, 6) is -0.305. The minimum Gasteiger partial charge on any atom is -0.491 e. The normalized spacial score (nSPS) is 8.29. The van der Waals surface area contributed by atoms with E-state index in [1.54, 1.807) is 0 Å². The van der Waals surface area contributed by atoms with Crippen molar-refractivity contribution in [2.45, 2.75) is 6.92 Å². The van der Waals surface area contributed by atoms with Gasteiger partial charge in [-0.05, 0) is 0 Å². The van der Waals surface area contributed by atoms with Crippen LogP contribution in [0.1, 0.15) is 6.92 Å². The number of carbonyl (C=O) groups is 1. The van der Waals surface area contributed by atoms with Gasteiger partial charge in [-0.1, -0.05) is 0 Å². The summed E-state index contributed by atoms with van der Waals surface area (Å²) in [6, 6.07) is 0. The first kappa shape index (κ1) is 6.65. The SMILES string of the molecule is CO[Si]OC(C)=O. The van der Waals surface area contributed by atoms with Crippen molar-refractivity contribution < 1.29 is 13.6 Å². The lowest BCUT2D eigenvalue weighted by Crippen LogP contribution is -2.05. The fourth-order valence-electron chi connectivity index (χ4n) is 0.100. The van der Waals surface area contributed by atoms with Crippen LogP contribution in [-0.2, 0) is 13.6 Å². The van der Waals surface area contributed by atoms with Crippen LogP contribution in [0.4, 0.5) is 0 Å². The van der Waals surface area contributed by atoms with E-state index in [0.29, 0.717) is 0 Å². The monoisotopic (exact) mass is 118 g/mol. The average Bonchev–Trinajstić information content (AvgIpc) is 1.61. The molecule has 0 aromatic heterocycles. The lowest BCUT2D eigenvalue weighted by Gasteiger charge is -1.91. The molecular weight excluding hydrogens is 112 g/mol. The molecule has 0 amide bonds. The summed E-state index contributed by atoms with van der Waals surface area (Å²) < 4.78 is 8.80. The predicted molar refractivity (Wildman–Crippen MR) is 24.5 cm³/mol. The van der Waals surface area contributed by atoms with Crippen LogP contribution in [0.15, 0.2) is 0 Å². The lowest BCUT2D eigenvalue weighted by molar-refractivity contribution is -0.132. The highest BCUT2D eigenvalue weighted by Gasteiger charge is 1.91. The molecule has 40 valence electrons. The van der Waals surface area contributed by atoms with Gasteiger partial charge in [0.05, 0.1) is 0 Å². The molecule has 0 atom stereocenters. The van der Waals surface area contributed by atoms with Crippen LogP contribution < -0.4 is 0 Å². The predicted octanol–water partition coefficient (Wildman–Crippen LogP) is -0.270. The second-order valence-electron chi connectivity index (χ2n) is 0.881. The first-order chi connectivity index (χ1) is 3.27. The van der Waals surface area contributed by atoms with Crippen LogP contribution in [0.3, 0.4) is 0 Å². The molecule has 7 heavy (non-hydrogen) atoms. The van der Waals surface area contributed by atoms with Gasteiger partial charge in [0.1, 0.15) is 0 Å². The third-order valence-electron chi connectivity index (χ3n) is 0.269. The molecule has 0 bridgehead atoms. The zero-order valence-electron chi connectivity index (χ0n) is 4.22. The van der Waals surface area contributed by atoms with Gasteiger partial charge >= 0.3 is 10.0 Å². The van der Waals surface area contributed by atoms with Gasteiger partial charge < -0.3 is 8.85 Å². The van der Waals surface area contributed by atoms with Crippen molar-refractivity contribution in [2.75, 3.05) is 7.11 Å². The summed E-state index contributed by atoms with van der Waals surface area (Å²) in [5.41, 5.74) is 0. The number of hydrogen-bond acceptors (Lipinski definition) is 3. The highest BCUT2D eigenvalue weighted by molar-refractivity contribution is 6.21. The molecule has 0 unspecified atom stereocenters. The number of hydrogen-bond donors (Lipinski definition) is 0.